The molecule has 0 aliphatic heterocycles. The summed E-state index contributed by atoms with van der Waals surface area (Å²) in [7, 11) is 0. The van der Waals surface area contributed by atoms with Crippen LogP contribution in [0.1, 0.15) is 43.4 Å². The van der Waals surface area contributed by atoms with Crippen LogP contribution in [0.2, 0.25) is 0 Å². The van der Waals surface area contributed by atoms with Crippen LogP contribution in [0, 0.1) is 0 Å². The molecule has 0 atom stereocenters. The summed E-state index contributed by atoms with van der Waals surface area (Å²) in [5.74, 6) is 6.54. The summed E-state index contributed by atoms with van der Waals surface area (Å²) in [5, 5.41) is 1.78. The molecule has 0 aromatic heterocycles. The Morgan fingerprint density at radius 2 is 1.55 bits per heavy atom. The molecule has 0 saturated heterocycles. The fourth-order valence-electron chi connectivity index (χ4n) is 4.69. The molecule has 3 aromatic rings. The van der Waals surface area contributed by atoms with Crippen molar-refractivity contribution >= 4 is 17.5 Å². The number of allylic oxidation sites excluding steroid dienone is 5. The van der Waals surface area contributed by atoms with E-state index in [0.29, 0.717) is 0 Å². The highest BCUT2D eigenvalue weighted by Gasteiger charge is 2.35. The monoisotopic (exact) mass is 404 g/mol. The Hall–Kier alpha value is -3.36. The molecule has 2 nitrogen and oxygen atoms in total. The van der Waals surface area contributed by atoms with E-state index >= 15 is 0 Å². The molecule has 2 aliphatic rings. The second-order valence-electron chi connectivity index (χ2n) is 8.88. The first kappa shape index (κ1) is 19.6. The Morgan fingerprint density at radius 3 is 2.32 bits per heavy atom. The predicted molar refractivity (Wildman–Crippen MR) is 132 cm³/mol. The molecule has 2 N–H and O–H groups in total. The third-order valence-electron chi connectivity index (χ3n) is 6.51. The second-order valence-corrected chi connectivity index (χ2v) is 8.88. The van der Waals surface area contributed by atoms with E-state index in [1.165, 1.54) is 33.4 Å². The summed E-state index contributed by atoms with van der Waals surface area (Å²) in [6.07, 6.45) is 13.3. The van der Waals surface area contributed by atoms with Gasteiger partial charge in [0, 0.05) is 5.41 Å². The van der Waals surface area contributed by atoms with Crippen molar-refractivity contribution < 1.29 is 0 Å². The Morgan fingerprint density at radius 1 is 0.806 bits per heavy atom. The van der Waals surface area contributed by atoms with Crippen LogP contribution >= 0.6 is 0 Å². The zero-order valence-corrected chi connectivity index (χ0v) is 18.2. The highest BCUT2D eigenvalue weighted by Crippen LogP contribution is 2.49. The van der Waals surface area contributed by atoms with Gasteiger partial charge >= 0.3 is 0 Å². The van der Waals surface area contributed by atoms with Crippen molar-refractivity contribution in [3.63, 3.8) is 0 Å². The molecule has 0 heterocycles. The van der Waals surface area contributed by atoms with Gasteiger partial charge in [0.2, 0.25) is 0 Å². The predicted octanol–water partition coefficient (Wildman–Crippen LogP) is 7.29. The van der Waals surface area contributed by atoms with Crippen LogP contribution in [0.3, 0.4) is 0 Å². The summed E-state index contributed by atoms with van der Waals surface area (Å²) >= 11 is 0. The number of nitrogens with zero attached hydrogens (tertiary/aromatic N) is 1. The number of benzene rings is 3. The highest BCUT2D eigenvalue weighted by molar-refractivity contribution is 5.83. The Kier molecular flexibility index (Phi) is 4.88. The molecule has 0 saturated carbocycles. The van der Waals surface area contributed by atoms with Gasteiger partial charge in [-0.3, -0.25) is 5.01 Å². The van der Waals surface area contributed by atoms with Gasteiger partial charge in [-0.15, -0.1) is 0 Å². The average molecular weight is 405 g/mol. The van der Waals surface area contributed by atoms with Crippen LogP contribution in [-0.2, 0) is 5.41 Å². The van der Waals surface area contributed by atoms with E-state index in [4.69, 9.17) is 5.84 Å². The smallest absolute Gasteiger partial charge is 0.0578 e. The van der Waals surface area contributed by atoms with E-state index in [9.17, 15) is 0 Å². The van der Waals surface area contributed by atoms with Gasteiger partial charge in [0.1, 0.15) is 0 Å². The molecule has 31 heavy (non-hydrogen) atoms. The first-order valence-electron chi connectivity index (χ1n) is 11.0. The molecular formula is C29H28N2. The molecule has 2 heteroatoms. The number of hydrazine groups is 1. The zero-order chi connectivity index (χ0) is 21.4. The molecule has 3 aromatic carbocycles. The van der Waals surface area contributed by atoms with Gasteiger partial charge in [-0.1, -0.05) is 86.7 Å². The first-order chi connectivity index (χ1) is 15.0. The van der Waals surface area contributed by atoms with Crippen LogP contribution in [0.5, 0.6) is 0 Å². The SMILES string of the molecule is CC1(C)c2ccccc2-c2ccc(N(N)c3ccc(/C=C/C4=CCCC=C4)cc3)cc21. The van der Waals surface area contributed by atoms with E-state index in [1.54, 1.807) is 5.01 Å². The molecule has 0 amide bonds. The third-order valence-corrected chi connectivity index (χ3v) is 6.51. The normalized spacial score (nSPS) is 16.2. The quantitative estimate of drug-likeness (QED) is 0.365. The van der Waals surface area contributed by atoms with Crippen LogP contribution in [0.15, 0.2) is 96.6 Å². The van der Waals surface area contributed by atoms with Crippen LogP contribution < -0.4 is 10.9 Å². The minimum Gasteiger partial charge on any atom is -0.280 e. The Bertz CT molecular complexity index is 1210. The first-order valence-corrected chi connectivity index (χ1v) is 11.0. The van der Waals surface area contributed by atoms with E-state index < -0.39 is 0 Å². The molecule has 2 aliphatic carbocycles. The van der Waals surface area contributed by atoms with E-state index in [0.717, 1.165) is 24.2 Å². The van der Waals surface area contributed by atoms with Gasteiger partial charge in [-0.05, 0) is 70.5 Å². The number of anilines is 2. The number of nitrogens with two attached hydrogens (primary N) is 1. The van der Waals surface area contributed by atoms with Gasteiger partial charge in [-0.25, -0.2) is 5.84 Å². The van der Waals surface area contributed by atoms with Gasteiger partial charge in [-0.2, -0.15) is 0 Å². The number of hydrogen-bond acceptors (Lipinski definition) is 2. The maximum absolute atomic E-state index is 6.54. The lowest BCUT2D eigenvalue weighted by molar-refractivity contribution is 0.660. The number of rotatable bonds is 4. The molecule has 0 radical (unpaired) electrons. The lowest BCUT2D eigenvalue weighted by Crippen LogP contribution is -2.25. The van der Waals surface area contributed by atoms with Crippen molar-refractivity contribution in [3.05, 3.63) is 113 Å². The topological polar surface area (TPSA) is 29.3 Å². The summed E-state index contributed by atoms with van der Waals surface area (Å²) < 4.78 is 0. The minimum atomic E-state index is -0.0281. The number of hydrogen-bond donors (Lipinski definition) is 1. The third kappa shape index (κ3) is 3.54. The summed E-state index contributed by atoms with van der Waals surface area (Å²) in [5.41, 5.74) is 9.74. The standard InChI is InChI=1S/C29H28N2/c1-29(2)27-11-7-6-10-25(27)26-19-18-24(20-28(26)29)31(30)23-16-14-22(15-17-23)13-12-21-8-4-3-5-9-21/h4,6-20H,3,5,30H2,1-2H3/b13-12+. The molecule has 5 rings (SSSR count). The van der Waals surface area contributed by atoms with Gasteiger partial charge in [0.25, 0.3) is 0 Å². The van der Waals surface area contributed by atoms with Crippen LogP contribution in [0.4, 0.5) is 11.4 Å². The maximum atomic E-state index is 6.54. The number of fused-ring (bicyclic) bond motifs is 3. The van der Waals surface area contributed by atoms with Crippen molar-refractivity contribution in [2.75, 3.05) is 5.01 Å². The van der Waals surface area contributed by atoms with Crippen molar-refractivity contribution in [1.29, 1.82) is 0 Å². The molecule has 0 bridgehead atoms. The summed E-state index contributed by atoms with van der Waals surface area (Å²) in [6.45, 7) is 4.58. The molecule has 0 unspecified atom stereocenters. The Balaban J connectivity index is 1.39. The minimum absolute atomic E-state index is 0.0281. The van der Waals surface area contributed by atoms with E-state index in [1.807, 2.05) is 0 Å². The second kappa shape index (κ2) is 7.72. The highest BCUT2D eigenvalue weighted by atomic mass is 15.4. The Labute approximate surface area is 185 Å². The zero-order valence-electron chi connectivity index (χ0n) is 18.2. The van der Waals surface area contributed by atoms with Crippen LogP contribution in [0.25, 0.3) is 17.2 Å². The van der Waals surface area contributed by atoms with Gasteiger partial charge < -0.3 is 0 Å². The van der Waals surface area contributed by atoms with Gasteiger partial charge in [0.15, 0.2) is 0 Å². The molecule has 0 fully saturated rings. The molecular weight excluding hydrogens is 376 g/mol. The van der Waals surface area contributed by atoms with Crippen molar-refractivity contribution in [2.24, 2.45) is 5.84 Å². The van der Waals surface area contributed by atoms with E-state index in [2.05, 4.69) is 111 Å². The fraction of sp³-hybridized carbons (Fsp3) is 0.172. The summed E-state index contributed by atoms with van der Waals surface area (Å²) in [6, 6.07) is 23.7. The summed E-state index contributed by atoms with van der Waals surface area (Å²) in [4.78, 5) is 0. The van der Waals surface area contributed by atoms with Crippen molar-refractivity contribution in [1.82, 2.24) is 0 Å². The largest absolute Gasteiger partial charge is 0.280 e. The van der Waals surface area contributed by atoms with Gasteiger partial charge in [0.05, 0.1) is 11.4 Å². The lowest BCUT2D eigenvalue weighted by atomic mass is 9.82. The van der Waals surface area contributed by atoms with E-state index in [-0.39, 0.29) is 5.41 Å². The maximum Gasteiger partial charge on any atom is 0.0578 e. The van der Waals surface area contributed by atoms with Crippen molar-refractivity contribution in [2.45, 2.75) is 32.1 Å². The fourth-order valence-corrected chi connectivity index (χ4v) is 4.69. The molecule has 154 valence electrons. The van der Waals surface area contributed by atoms with Crippen molar-refractivity contribution in [3.8, 4) is 11.1 Å². The average Bonchev–Trinajstić information content (AvgIpc) is 3.05. The lowest BCUT2D eigenvalue weighted by Gasteiger charge is -2.24. The van der Waals surface area contributed by atoms with Crippen LogP contribution in [-0.4, -0.2) is 0 Å². The molecule has 0 spiro atoms.